The molecule has 4 heteroatoms. The van der Waals surface area contributed by atoms with Crippen molar-refractivity contribution in [3.63, 3.8) is 0 Å². The zero-order valence-electron chi connectivity index (χ0n) is 11.7. The lowest BCUT2D eigenvalue weighted by Gasteiger charge is -2.34. The smallest absolute Gasteiger partial charge is 0.226 e. The zero-order valence-corrected chi connectivity index (χ0v) is 11.7. The predicted molar refractivity (Wildman–Crippen MR) is 75.3 cm³/mol. The van der Waals surface area contributed by atoms with Gasteiger partial charge in [-0.15, -0.1) is 0 Å². The topological polar surface area (TPSA) is 41.6 Å². The summed E-state index contributed by atoms with van der Waals surface area (Å²) < 4.78 is 5.62. The van der Waals surface area contributed by atoms with Crippen LogP contribution in [-0.2, 0) is 4.79 Å². The van der Waals surface area contributed by atoms with Gasteiger partial charge >= 0.3 is 0 Å². The average molecular weight is 262 g/mol. The molecular formula is C15H22N2O2. The molecule has 1 N–H and O–H groups in total. The maximum absolute atomic E-state index is 12.1. The van der Waals surface area contributed by atoms with E-state index in [2.05, 4.69) is 12.2 Å². The van der Waals surface area contributed by atoms with Crippen LogP contribution >= 0.6 is 0 Å². The molecule has 2 rings (SSSR count). The minimum Gasteiger partial charge on any atom is -0.493 e. The Labute approximate surface area is 114 Å². The summed E-state index contributed by atoms with van der Waals surface area (Å²) in [5.41, 5.74) is 1.17. The SMILES string of the molecule is Cc1cccc(OCCC(=O)N2CCNC[C@@H]2C)c1. The largest absolute Gasteiger partial charge is 0.493 e. The lowest BCUT2D eigenvalue weighted by molar-refractivity contribution is -0.134. The molecule has 0 bridgehead atoms. The Morgan fingerprint density at radius 2 is 2.37 bits per heavy atom. The first-order valence-electron chi connectivity index (χ1n) is 6.86. The first kappa shape index (κ1) is 13.9. The van der Waals surface area contributed by atoms with Crippen molar-refractivity contribution in [1.29, 1.82) is 0 Å². The van der Waals surface area contributed by atoms with Crippen molar-refractivity contribution < 1.29 is 9.53 Å². The third kappa shape index (κ3) is 3.96. The van der Waals surface area contributed by atoms with Gasteiger partial charge in [0.2, 0.25) is 5.91 Å². The number of carbonyl (C=O) groups excluding carboxylic acids is 1. The number of piperazine rings is 1. The second-order valence-electron chi connectivity index (χ2n) is 5.06. The van der Waals surface area contributed by atoms with Crippen LogP contribution in [0, 0.1) is 6.92 Å². The van der Waals surface area contributed by atoms with Gasteiger partial charge in [-0.3, -0.25) is 4.79 Å². The summed E-state index contributed by atoms with van der Waals surface area (Å²) in [4.78, 5) is 14.0. The molecule has 1 saturated heterocycles. The normalized spacial score (nSPS) is 19.3. The molecule has 1 aliphatic rings. The van der Waals surface area contributed by atoms with E-state index in [1.54, 1.807) is 0 Å². The van der Waals surface area contributed by atoms with Gasteiger partial charge in [0.05, 0.1) is 13.0 Å². The molecule has 1 fully saturated rings. The van der Waals surface area contributed by atoms with Crippen LogP contribution in [0.25, 0.3) is 0 Å². The number of carbonyl (C=O) groups is 1. The summed E-state index contributed by atoms with van der Waals surface area (Å²) in [6.45, 7) is 7.11. The highest BCUT2D eigenvalue weighted by atomic mass is 16.5. The lowest BCUT2D eigenvalue weighted by Crippen LogP contribution is -2.52. The molecule has 0 unspecified atom stereocenters. The Bertz CT molecular complexity index is 434. The second kappa shape index (κ2) is 6.57. The fraction of sp³-hybridized carbons (Fsp3) is 0.533. The number of hydrogen-bond donors (Lipinski definition) is 1. The number of amides is 1. The zero-order chi connectivity index (χ0) is 13.7. The molecular weight excluding hydrogens is 240 g/mol. The van der Waals surface area contributed by atoms with Crippen molar-refractivity contribution in [2.75, 3.05) is 26.2 Å². The average Bonchev–Trinajstić information content (AvgIpc) is 2.39. The van der Waals surface area contributed by atoms with E-state index in [0.29, 0.717) is 13.0 Å². The standard InChI is InChI=1S/C15H22N2O2/c1-12-4-3-5-14(10-12)19-9-6-15(18)17-8-7-16-11-13(17)2/h3-5,10,13,16H,6-9,11H2,1-2H3/t13-/m0/s1. The first-order valence-corrected chi connectivity index (χ1v) is 6.86. The Hall–Kier alpha value is -1.55. The summed E-state index contributed by atoms with van der Waals surface area (Å²) in [6, 6.07) is 8.17. The van der Waals surface area contributed by atoms with Crippen molar-refractivity contribution in [3.05, 3.63) is 29.8 Å². The van der Waals surface area contributed by atoms with Crippen molar-refractivity contribution >= 4 is 5.91 Å². The van der Waals surface area contributed by atoms with Gasteiger partial charge in [-0.05, 0) is 31.5 Å². The van der Waals surface area contributed by atoms with E-state index in [0.717, 1.165) is 25.4 Å². The van der Waals surface area contributed by atoms with Crippen molar-refractivity contribution in [2.45, 2.75) is 26.3 Å². The van der Waals surface area contributed by atoms with E-state index >= 15 is 0 Å². The number of nitrogens with one attached hydrogen (secondary N) is 1. The minimum absolute atomic E-state index is 0.182. The maximum atomic E-state index is 12.1. The number of aryl methyl sites for hydroxylation is 1. The van der Waals surface area contributed by atoms with E-state index < -0.39 is 0 Å². The summed E-state index contributed by atoms with van der Waals surface area (Å²) in [7, 11) is 0. The Morgan fingerprint density at radius 1 is 1.53 bits per heavy atom. The monoisotopic (exact) mass is 262 g/mol. The quantitative estimate of drug-likeness (QED) is 0.896. The Morgan fingerprint density at radius 3 is 3.11 bits per heavy atom. The van der Waals surface area contributed by atoms with Gasteiger partial charge in [0, 0.05) is 25.7 Å². The third-order valence-corrected chi connectivity index (χ3v) is 3.40. The van der Waals surface area contributed by atoms with Crippen LogP contribution in [0.2, 0.25) is 0 Å². The van der Waals surface area contributed by atoms with Crippen molar-refractivity contribution in [2.24, 2.45) is 0 Å². The number of ether oxygens (including phenoxy) is 1. The summed E-state index contributed by atoms with van der Waals surface area (Å²) in [5.74, 6) is 1.02. The molecule has 0 aromatic heterocycles. The number of hydrogen-bond acceptors (Lipinski definition) is 3. The van der Waals surface area contributed by atoms with Gasteiger partial charge < -0.3 is 15.0 Å². The molecule has 1 amide bonds. The number of rotatable bonds is 4. The highest BCUT2D eigenvalue weighted by Gasteiger charge is 2.22. The van der Waals surface area contributed by atoms with Crippen LogP contribution in [0.3, 0.4) is 0 Å². The van der Waals surface area contributed by atoms with Crippen LogP contribution in [0.1, 0.15) is 18.9 Å². The summed E-state index contributed by atoms with van der Waals surface area (Å²) in [5, 5.41) is 3.28. The second-order valence-corrected chi connectivity index (χ2v) is 5.06. The van der Waals surface area contributed by atoms with E-state index in [1.807, 2.05) is 36.1 Å². The van der Waals surface area contributed by atoms with Gasteiger partial charge in [0.25, 0.3) is 0 Å². The third-order valence-electron chi connectivity index (χ3n) is 3.40. The molecule has 1 heterocycles. The molecule has 0 saturated carbocycles. The fourth-order valence-electron chi connectivity index (χ4n) is 2.32. The van der Waals surface area contributed by atoms with E-state index in [4.69, 9.17) is 4.74 Å². The fourth-order valence-corrected chi connectivity index (χ4v) is 2.32. The van der Waals surface area contributed by atoms with Gasteiger partial charge in [-0.2, -0.15) is 0 Å². The molecule has 104 valence electrons. The van der Waals surface area contributed by atoms with E-state index in [9.17, 15) is 4.79 Å². The lowest BCUT2D eigenvalue weighted by atomic mass is 10.2. The minimum atomic E-state index is 0.182. The van der Waals surface area contributed by atoms with Crippen LogP contribution in [-0.4, -0.2) is 43.1 Å². The van der Waals surface area contributed by atoms with Gasteiger partial charge in [0.15, 0.2) is 0 Å². The van der Waals surface area contributed by atoms with Crippen LogP contribution in [0.5, 0.6) is 5.75 Å². The highest BCUT2D eigenvalue weighted by molar-refractivity contribution is 5.76. The molecule has 1 aliphatic heterocycles. The number of benzene rings is 1. The van der Waals surface area contributed by atoms with Crippen molar-refractivity contribution in [1.82, 2.24) is 10.2 Å². The molecule has 19 heavy (non-hydrogen) atoms. The van der Waals surface area contributed by atoms with Crippen LogP contribution < -0.4 is 10.1 Å². The van der Waals surface area contributed by atoms with Crippen LogP contribution in [0.4, 0.5) is 0 Å². The molecule has 1 aromatic rings. The first-order chi connectivity index (χ1) is 9.16. The van der Waals surface area contributed by atoms with Gasteiger partial charge in [-0.1, -0.05) is 12.1 Å². The molecule has 4 nitrogen and oxygen atoms in total. The van der Waals surface area contributed by atoms with Gasteiger partial charge in [0.1, 0.15) is 5.75 Å². The van der Waals surface area contributed by atoms with Gasteiger partial charge in [-0.25, -0.2) is 0 Å². The highest BCUT2D eigenvalue weighted by Crippen LogP contribution is 2.13. The number of nitrogens with zero attached hydrogens (tertiary/aromatic N) is 1. The molecule has 1 aromatic carbocycles. The Kier molecular flexibility index (Phi) is 4.80. The van der Waals surface area contributed by atoms with E-state index in [1.165, 1.54) is 5.56 Å². The maximum Gasteiger partial charge on any atom is 0.226 e. The van der Waals surface area contributed by atoms with E-state index in [-0.39, 0.29) is 11.9 Å². The molecule has 0 spiro atoms. The summed E-state index contributed by atoms with van der Waals surface area (Å²) in [6.07, 6.45) is 0.443. The molecule has 0 aliphatic carbocycles. The summed E-state index contributed by atoms with van der Waals surface area (Å²) >= 11 is 0. The van der Waals surface area contributed by atoms with Crippen LogP contribution in [0.15, 0.2) is 24.3 Å². The predicted octanol–water partition coefficient (Wildman–Crippen LogP) is 1.58. The van der Waals surface area contributed by atoms with Crippen molar-refractivity contribution in [3.8, 4) is 5.75 Å². The molecule has 1 atom stereocenters. The Balaban J connectivity index is 1.77. The molecule has 0 radical (unpaired) electrons.